The zero-order chi connectivity index (χ0) is 17.3. The number of piperazine rings is 1. The number of halogens is 1. The van der Waals surface area contributed by atoms with Crippen LogP contribution in [0.25, 0.3) is 0 Å². The van der Waals surface area contributed by atoms with E-state index in [4.69, 9.17) is 16.0 Å². The maximum Gasteiger partial charge on any atom is 0.318 e. The predicted octanol–water partition coefficient (Wildman–Crippen LogP) is 2.36. The molecule has 2 heterocycles. The molecule has 0 unspecified atom stereocenters. The highest BCUT2D eigenvalue weighted by atomic mass is 35.5. The number of nitrogens with zero attached hydrogens (tertiary/aromatic N) is 4. The van der Waals surface area contributed by atoms with Crippen LogP contribution in [0, 0.1) is 0 Å². The number of sulfonamides is 1. The Hall–Kier alpha value is -1.64. The van der Waals surface area contributed by atoms with E-state index in [1.165, 1.54) is 10.4 Å². The van der Waals surface area contributed by atoms with Gasteiger partial charge in [-0.3, -0.25) is 0 Å². The number of hydrogen-bond acceptors (Lipinski definition) is 6. The summed E-state index contributed by atoms with van der Waals surface area (Å²) in [7, 11) is -3.54. The zero-order valence-corrected chi connectivity index (χ0v) is 15.1. The molecular weight excluding hydrogens is 352 g/mol. The lowest BCUT2D eigenvalue weighted by molar-refractivity contribution is 0.367. The van der Waals surface area contributed by atoms with Crippen LogP contribution in [0.15, 0.2) is 33.6 Å². The van der Waals surface area contributed by atoms with E-state index in [-0.39, 0.29) is 10.8 Å². The SMILES string of the molecule is CC(C)c1nnc(N2CCN(S(=O)(=O)c3cccc(Cl)c3)CC2)o1. The van der Waals surface area contributed by atoms with Crippen LogP contribution in [0.5, 0.6) is 0 Å². The first kappa shape index (κ1) is 17.2. The van der Waals surface area contributed by atoms with Gasteiger partial charge in [-0.25, -0.2) is 8.42 Å². The van der Waals surface area contributed by atoms with Crippen molar-refractivity contribution in [2.24, 2.45) is 0 Å². The molecule has 0 atom stereocenters. The summed E-state index contributed by atoms with van der Waals surface area (Å²) in [5.41, 5.74) is 0. The van der Waals surface area contributed by atoms with E-state index in [2.05, 4.69) is 10.2 Å². The third-order valence-electron chi connectivity index (χ3n) is 3.87. The molecule has 0 saturated carbocycles. The fourth-order valence-corrected chi connectivity index (χ4v) is 4.21. The lowest BCUT2D eigenvalue weighted by atomic mass is 10.2. The number of rotatable bonds is 4. The Balaban J connectivity index is 1.70. The van der Waals surface area contributed by atoms with Crippen LogP contribution in [-0.4, -0.2) is 49.1 Å². The third kappa shape index (κ3) is 3.40. The van der Waals surface area contributed by atoms with Crippen LogP contribution in [-0.2, 0) is 10.0 Å². The Morgan fingerprint density at radius 3 is 2.46 bits per heavy atom. The molecule has 1 fully saturated rings. The number of benzene rings is 1. The first-order valence-electron chi connectivity index (χ1n) is 7.72. The van der Waals surface area contributed by atoms with Gasteiger partial charge in [-0.05, 0) is 18.2 Å². The summed E-state index contributed by atoms with van der Waals surface area (Å²) in [6, 6.07) is 6.76. The Bertz CT molecular complexity index is 814. The Morgan fingerprint density at radius 2 is 1.88 bits per heavy atom. The van der Waals surface area contributed by atoms with Gasteiger partial charge in [0, 0.05) is 37.1 Å². The van der Waals surface area contributed by atoms with Crippen LogP contribution in [0.3, 0.4) is 0 Å². The third-order valence-corrected chi connectivity index (χ3v) is 6.00. The van der Waals surface area contributed by atoms with Crippen LogP contribution >= 0.6 is 11.6 Å². The second-order valence-corrected chi connectivity index (χ2v) is 8.30. The van der Waals surface area contributed by atoms with E-state index in [1.54, 1.807) is 18.2 Å². The molecule has 9 heteroatoms. The molecule has 1 aromatic carbocycles. The standard InChI is InChI=1S/C15H19ClN4O3S/c1-11(2)14-17-18-15(23-14)19-6-8-20(9-7-19)24(21,22)13-5-3-4-12(16)10-13/h3-5,10-11H,6-9H2,1-2H3. The molecule has 7 nitrogen and oxygen atoms in total. The summed E-state index contributed by atoms with van der Waals surface area (Å²) < 4.78 is 32.4. The highest BCUT2D eigenvalue weighted by Gasteiger charge is 2.30. The van der Waals surface area contributed by atoms with Gasteiger partial charge in [-0.15, -0.1) is 5.10 Å². The first-order valence-corrected chi connectivity index (χ1v) is 9.54. The lowest BCUT2D eigenvalue weighted by Gasteiger charge is -2.32. The number of aromatic nitrogens is 2. The molecule has 130 valence electrons. The molecule has 1 saturated heterocycles. The van der Waals surface area contributed by atoms with Crippen molar-refractivity contribution in [3.05, 3.63) is 35.2 Å². The van der Waals surface area contributed by atoms with Crippen molar-refractivity contribution in [2.75, 3.05) is 31.1 Å². The minimum Gasteiger partial charge on any atom is -0.408 e. The lowest BCUT2D eigenvalue weighted by Crippen LogP contribution is -2.48. The maximum atomic E-state index is 12.7. The molecule has 0 N–H and O–H groups in total. The number of hydrogen-bond donors (Lipinski definition) is 0. The Morgan fingerprint density at radius 1 is 1.17 bits per heavy atom. The van der Waals surface area contributed by atoms with Gasteiger partial charge in [0.05, 0.1) is 4.90 Å². The molecule has 0 bridgehead atoms. The van der Waals surface area contributed by atoms with E-state index < -0.39 is 10.0 Å². The minimum absolute atomic E-state index is 0.163. The van der Waals surface area contributed by atoms with Gasteiger partial charge in [0.15, 0.2) is 0 Å². The van der Waals surface area contributed by atoms with E-state index in [0.29, 0.717) is 43.1 Å². The fraction of sp³-hybridized carbons (Fsp3) is 0.467. The minimum atomic E-state index is -3.54. The van der Waals surface area contributed by atoms with Gasteiger partial charge in [0.1, 0.15) is 0 Å². The summed E-state index contributed by atoms with van der Waals surface area (Å²) in [6.45, 7) is 5.67. The average Bonchev–Trinajstić information content (AvgIpc) is 3.05. The Labute approximate surface area is 146 Å². The van der Waals surface area contributed by atoms with Crippen molar-refractivity contribution in [3.8, 4) is 0 Å². The van der Waals surface area contributed by atoms with Gasteiger partial charge in [0.25, 0.3) is 0 Å². The summed E-state index contributed by atoms with van der Waals surface area (Å²) >= 11 is 5.90. The van der Waals surface area contributed by atoms with Crippen LogP contribution in [0.2, 0.25) is 5.02 Å². The molecule has 0 amide bonds. The summed E-state index contributed by atoms with van der Waals surface area (Å²) in [5, 5.41) is 8.46. The summed E-state index contributed by atoms with van der Waals surface area (Å²) in [6.07, 6.45) is 0. The van der Waals surface area contributed by atoms with Crippen molar-refractivity contribution in [3.63, 3.8) is 0 Å². The molecule has 1 aliphatic rings. The van der Waals surface area contributed by atoms with Crippen LogP contribution in [0.1, 0.15) is 25.7 Å². The van der Waals surface area contributed by atoms with Crippen molar-refractivity contribution in [2.45, 2.75) is 24.7 Å². The second-order valence-electron chi connectivity index (χ2n) is 5.93. The monoisotopic (exact) mass is 370 g/mol. The molecule has 24 heavy (non-hydrogen) atoms. The number of anilines is 1. The van der Waals surface area contributed by atoms with Crippen LogP contribution < -0.4 is 4.90 Å². The maximum absolute atomic E-state index is 12.7. The fourth-order valence-electron chi connectivity index (χ4n) is 2.48. The largest absolute Gasteiger partial charge is 0.408 e. The topological polar surface area (TPSA) is 79.5 Å². The van der Waals surface area contributed by atoms with E-state index in [9.17, 15) is 8.42 Å². The van der Waals surface area contributed by atoms with Gasteiger partial charge in [-0.1, -0.05) is 36.6 Å². The van der Waals surface area contributed by atoms with Gasteiger partial charge < -0.3 is 9.32 Å². The second kappa shape index (κ2) is 6.70. The van der Waals surface area contributed by atoms with Crippen LogP contribution in [0.4, 0.5) is 6.01 Å². The van der Waals surface area contributed by atoms with Crippen molar-refractivity contribution >= 4 is 27.6 Å². The van der Waals surface area contributed by atoms with Gasteiger partial charge in [-0.2, -0.15) is 4.31 Å². The van der Waals surface area contributed by atoms with E-state index >= 15 is 0 Å². The summed E-state index contributed by atoms with van der Waals surface area (Å²) in [5.74, 6) is 0.745. The molecule has 1 aromatic heterocycles. The normalized spacial score (nSPS) is 16.8. The van der Waals surface area contributed by atoms with Gasteiger partial charge in [0.2, 0.25) is 15.9 Å². The molecule has 0 radical (unpaired) electrons. The smallest absolute Gasteiger partial charge is 0.318 e. The van der Waals surface area contributed by atoms with Gasteiger partial charge >= 0.3 is 6.01 Å². The van der Waals surface area contributed by atoms with Crippen molar-refractivity contribution in [1.82, 2.24) is 14.5 Å². The molecule has 2 aromatic rings. The Kier molecular flexibility index (Phi) is 4.80. The highest BCUT2D eigenvalue weighted by molar-refractivity contribution is 7.89. The molecule has 0 spiro atoms. The van der Waals surface area contributed by atoms with E-state index in [1.807, 2.05) is 18.7 Å². The average molecular weight is 371 g/mol. The van der Waals surface area contributed by atoms with Crippen molar-refractivity contribution in [1.29, 1.82) is 0 Å². The highest BCUT2D eigenvalue weighted by Crippen LogP contribution is 2.23. The van der Waals surface area contributed by atoms with Crippen molar-refractivity contribution < 1.29 is 12.8 Å². The summed E-state index contributed by atoms with van der Waals surface area (Å²) in [4.78, 5) is 2.12. The molecular formula is C15H19ClN4O3S. The predicted molar refractivity (Wildman–Crippen MR) is 90.8 cm³/mol. The first-order chi connectivity index (χ1) is 11.4. The van der Waals surface area contributed by atoms with E-state index in [0.717, 1.165) is 0 Å². The molecule has 3 rings (SSSR count). The molecule has 1 aliphatic heterocycles. The zero-order valence-electron chi connectivity index (χ0n) is 13.5. The quantitative estimate of drug-likeness (QED) is 0.821. The molecule has 0 aliphatic carbocycles.